The van der Waals surface area contributed by atoms with E-state index in [2.05, 4.69) is 107 Å². The highest BCUT2D eigenvalue weighted by Gasteiger charge is 2.12. The van der Waals surface area contributed by atoms with Gasteiger partial charge in [-0.25, -0.2) is 28.9 Å². The molecule has 12 rings (SSSR count). The molecule has 3 amide bonds. The molecule has 0 aliphatic carbocycles. The van der Waals surface area contributed by atoms with E-state index in [1.165, 1.54) is 59.3 Å². The summed E-state index contributed by atoms with van der Waals surface area (Å²) in [7, 11) is 10.3. The van der Waals surface area contributed by atoms with Gasteiger partial charge in [0.05, 0.1) is 36.7 Å². The Labute approximate surface area is 459 Å². The Balaban J connectivity index is 0.000000420. The first kappa shape index (κ1) is 67.6. The number of Topliss-reactive ketones (excluding diaryl/α,β-unsaturated/α-hetero) is 1. The average molecular weight is 1120 g/mol. The van der Waals surface area contributed by atoms with Gasteiger partial charge in [-0.1, -0.05) is 17.3 Å². The summed E-state index contributed by atoms with van der Waals surface area (Å²) in [6.45, 7) is 18.2. The highest BCUT2D eigenvalue weighted by atomic mass is 32.2. The number of aromatic nitrogens is 6. The molecule has 3 N–H and O–H groups in total. The van der Waals surface area contributed by atoms with Gasteiger partial charge in [-0.15, -0.1) is 16.9 Å². The number of oxime groups is 1. The predicted molar refractivity (Wildman–Crippen MR) is 305 cm³/mol. The Morgan fingerprint density at radius 2 is 1.49 bits per heavy atom. The van der Waals surface area contributed by atoms with Crippen LogP contribution >= 0.6 is 23.7 Å². The minimum Gasteiger partial charge on any atom is -0.479 e. The third-order valence-corrected chi connectivity index (χ3v) is 11.3. The van der Waals surface area contributed by atoms with Crippen molar-refractivity contribution in [2.45, 2.75) is 73.6 Å². The van der Waals surface area contributed by atoms with E-state index < -0.39 is 0 Å². The molecule has 31 heteroatoms. The molecule has 10 aliphatic rings. The van der Waals surface area contributed by atoms with Gasteiger partial charge in [-0.2, -0.15) is 25.5 Å². The molecule has 0 fully saturated rings. The van der Waals surface area contributed by atoms with Crippen LogP contribution in [-0.4, -0.2) is 213 Å². The lowest BCUT2D eigenvalue weighted by atomic mass is 10.2. The highest BCUT2D eigenvalue weighted by Crippen LogP contribution is 2.13. The first-order valence-electron chi connectivity index (χ1n) is 24.4. The second-order valence-electron chi connectivity index (χ2n) is 16.5. The number of rotatable bonds is 0. The first-order chi connectivity index (χ1) is 36.8. The van der Waals surface area contributed by atoms with E-state index >= 15 is 0 Å². The Morgan fingerprint density at radius 3 is 1.64 bits per heavy atom. The zero-order valence-corrected chi connectivity index (χ0v) is 48.1. The molecule has 29 nitrogen and oxygen atoms in total. The van der Waals surface area contributed by atoms with Crippen LogP contribution in [0, 0.1) is 5.92 Å². The van der Waals surface area contributed by atoms with Gasteiger partial charge in [0, 0.05) is 154 Å². The maximum atomic E-state index is 10.4. The number of likely N-dealkylation sites (N-methyl/N-ethyl adjacent to an activating group) is 1. The number of hydrogen-bond acceptors (Lipinski definition) is 25. The lowest BCUT2D eigenvalue weighted by Crippen LogP contribution is -2.16. The molecule has 0 radical (unpaired) electrons. The van der Waals surface area contributed by atoms with Crippen molar-refractivity contribution in [2.24, 2.45) is 70.3 Å². The molecule has 2 aromatic heterocycles. The number of hydrazone groups is 4. The number of amides is 3. The number of aryl methyl sites for hydroxylation is 2. The molecule has 0 bridgehead atoms. The Hall–Kier alpha value is -7.44. The quantitative estimate of drug-likeness (QED) is 0.320. The molecule has 426 valence electrons. The van der Waals surface area contributed by atoms with E-state index in [0.29, 0.717) is 25.3 Å². The third-order valence-electron chi connectivity index (χ3n) is 9.54. The largest absolute Gasteiger partial charge is 0.479 e. The number of aromatic amines is 1. The number of ketones is 1. The summed E-state index contributed by atoms with van der Waals surface area (Å²) < 4.78 is 12.0. The summed E-state index contributed by atoms with van der Waals surface area (Å²) in [6.07, 6.45) is 17.9. The van der Waals surface area contributed by atoms with Crippen LogP contribution in [0.3, 0.4) is 0 Å². The third kappa shape index (κ3) is 36.2. The fourth-order valence-corrected chi connectivity index (χ4v) is 6.38. The fourth-order valence-electron chi connectivity index (χ4n) is 4.93. The number of nitrogens with one attached hydrogen (secondary N) is 3. The van der Waals surface area contributed by atoms with E-state index in [0.717, 1.165) is 69.4 Å². The van der Waals surface area contributed by atoms with Crippen LogP contribution in [0.2, 0.25) is 0 Å². The number of aliphatic imine (C=N–C) groups is 2. The van der Waals surface area contributed by atoms with Gasteiger partial charge < -0.3 is 34.9 Å². The van der Waals surface area contributed by atoms with Crippen molar-refractivity contribution in [2.75, 3.05) is 92.2 Å². The summed E-state index contributed by atoms with van der Waals surface area (Å²) in [5, 5.41) is 45.7. The van der Waals surface area contributed by atoms with E-state index in [9.17, 15) is 24.0 Å². The number of carbonyl (C=O) groups excluding carboxylic acids is 4. The lowest BCUT2D eigenvalue weighted by molar-refractivity contribution is -0.128. The lowest BCUT2D eigenvalue weighted by Gasteiger charge is -2.00. The zero-order chi connectivity index (χ0) is 57.2. The maximum Gasteiger partial charge on any atom is 0.325 e. The van der Waals surface area contributed by atoms with Gasteiger partial charge in [-0.05, 0) is 56.5 Å². The summed E-state index contributed by atoms with van der Waals surface area (Å²) in [5.74, 6) is 4.18. The van der Waals surface area contributed by atoms with Crippen molar-refractivity contribution < 1.29 is 28.8 Å². The van der Waals surface area contributed by atoms with Gasteiger partial charge in [0.25, 0.3) is 5.91 Å². The fraction of sp³-hybridized carbons (Fsp3) is 0.609. The minimum atomic E-state index is -0.0694. The SMILES string of the molecule is CC1=CNCC1=O.CC1=NCCO1.CC1=NCCS1.CC1=NOCC1.CC1=NSCC1.CC1C=NNC1.CN1CCC=N1.CN1N=CCC1=O.CN1N=CCC1=O.CN1N=NCC1=O.Cn1cc[nH]c1=O.Cn1cnnn1. The number of tetrazole rings is 1. The topological polar surface area (TPSA) is 329 Å². The molecule has 10 aliphatic heterocycles. The van der Waals surface area contributed by atoms with Crippen molar-refractivity contribution in [1.29, 1.82) is 0 Å². The summed E-state index contributed by atoms with van der Waals surface area (Å²) >= 11 is 3.52. The predicted octanol–water partition coefficient (Wildman–Crippen LogP) is 2.87. The molecular weight excluding hydrogens is 1040 g/mol. The highest BCUT2D eigenvalue weighted by molar-refractivity contribution is 8.14. The number of H-pyrrole nitrogens is 1. The van der Waals surface area contributed by atoms with Crippen molar-refractivity contribution in [3.05, 3.63) is 41.0 Å². The smallest absolute Gasteiger partial charge is 0.325 e. The number of nitrogens with zero attached hydrogens (tertiary/aromatic N) is 19. The summed E-state index contributed by atoms with van der Waals surface area (Å²) in [5.41, 5.74) is 6.00. The average Bonchev–Trinajstić information content (AvgIpc) is 4.21. The van der Waals surface area contributed by atoms with Crippen LogP contribution in [0.15, 0.2) is 85.6 Å². The molecule has 0 saturated heterocycles. The number of thioether (sulfide) groups is 1. The number of carbonyl (C=O) groups is 4. The molecule has 0 spiro atoms. The molecular formula is C46H78N22O7S2. The molecule has 1 atom stereocenters. The molecule has 77 heavy (non-hydrogen) atoms. The van der Waals surface area contributed by atoms with Crippen molar-refractivity contribution in [3.63, 3.8) is 0 Å². The van der Waals surface area contributed by atoms with E-state index in [1.807, 2.05) is 57.0 Å². The van der Waals surface area contributed by atoms with Crippen LogP contribution in [0.5, 0.6) is 0 Å². The van der Waals surface area contributed by atoms with Crippen LogP contribution in [0.25, 0.3) is 0 Å². The number of imidazole rings is 1. The van der Waals surface area contributed by atoms with Crippen molar-refractivity contribution in [3.8, 4) is 0 Å². The molecule has 0 saturated carbocycles. The van der Waals surface area contributed by atoms with Crippen LogP contribution in [0.4, 0.5) is 0 Å². The number of ether oxygens (including phenoxy) is 1. The van der Waals surface area contributed by atoms with E-state index in [-0.39, 0.29) is 35.7 Å². The van der Waals surface area contributed by atoms with E-state index in [4.69, 9.17) is 4.74 Å². The van der Waals surface area contributed by atoms with Crippen LogP contribution in [0.1, 0.15) is 73.6 Å². The maximum absolute atomic E-state index is 10.4. The second kappa shape index (κ2) is 41.8. The van der Waals surface area contributed by atoms with Crippen LogP contribution < -0.4 is 16.4 Å². The van der Waals surface area contributed by atoms with Crippen LogP contribution in [-0.2, 0) is 42.8 Å². The molecule has 12 heterocycles. The Kier molecular flexibility index (Phi) is 36.7. The van der Waals surface area contributed by atoms with Gasteiger partial charge in [0.15, 0.2) is 11.7 Å². The van der Waals surface area contributed by atoms with Gasteiger partial charge in [0.1, 0.15) is 26.1 Å². The summed E-state index contributed by atoms with van der Waals surface area (Å²) in [4.78, 5) is 67.0. The monoisotopic (exact) mass is 1110 g/mol. The Bertz CT molecular complexity index is 2230. The second-order valence-corrected chi connectivity index (χ2v) is 18.7. The van der Waals surface area contributed by atoms with Gasteiger partial charge in [-0.3, -0.25) is 29.2 Å². The van der Waals surface area contributed by atoms with Crippen molar-refractivity contribution in [1.82, 2.24) is 60.5 Å². The van der Waals surface area contributed by atoms with Gasteiger partial charge >= 0.3 is 5.69 Å². The van der Waals surface area contributed by atoms with Gasteiger partial charge in [0.2, 0.25) is 11.8 Å². The molecule has 1 unspecified atom stereocenters. The molecule has 2 aromatic rings. The Morgan fingerprint density at radius 1 is 0.779 bits per heavy atom. The standard InChI is InChI=1S/C5H7NO.3C4H6N2O.2C4H8N2.2C4H7NO.2C4H7NS.C3H5N3O.C2H4N4/c1-4-2-6-3-5(4)7;1-6-3-2-5-4(6)7;2*1-6-4(7)2-3-5-6;1-4-2-5-6-3-4;1-6-4-2-3-5-6;1-4-5-2-3-6-4;1-4-2-3-6-5-4;1-4-5-2-3-6-4;1-4-2-3-6-5-4;1-6-3(7)2-4-5-6;1-6-2-3-4-5-6/h2,6H,3H2,1H3;2-3H,1H3,(H,5,7);2*3H,2H2,1H3;2,4,6H,3H2,1H3;3H,2,4H2,1H3;4*2-3H2,1H3;2H2,1H3;2H,1H3. The minimum absolute atomic E-state index is 0.0417. The normalized spacial score (nSPS) is 18.8. The van der Waals surface area contributed by atoms with Crippen molar-refractivity contribution >= 4 is 94.4 Å². The zero-order valence-electron chi connectivity index (χ0n) is 46.5. The molecule has 0 aromatic carbocycles. The summed E-state index contributed by atoms with van der Waals surface area (Å²) in [6, 6.07) is 0. The first-order valence-corrected chi connectivity index (χ1v) is 26.3. The van der Waals surface area contributed by atoms with E-state index in [1.54, 1.807) is 78.2 Å². The number of hydrogen-bond donors (Lipinski definition) is 3.